The van der Waals surface area contributed by atoms with E-state index >= 15 is 0 Å². The lowest BCUT2D eigenvalue weighted by Gasteiger charge is -2.33. The number of rotatable bonds is 10. The zero-order valence-corrected chi connectivity index (χ0v) is 24.6. The fraction of sp³-hybridized carbons (Fsp3) is 0.367. The molecule has 1 N–H and O–H groups in total. The molecule has 220 valence electrons. The van der Waals surface area contributed by atoms with E-state index in [2.05, 4.69) is 25.3 Å². The zero-order chi connectivity index (χ0) is 30.1. The number of hydrogen-bond donors (Lipinski definition) is 1. The summed E-state index contributed by atoms with van der Waals surface area (Å²) in [7, 11) is 3.25. The van der Waals surface area contributed by atoms with Crippen molar-refractivity contribution in [1.82, 2.24) is 29.5 Å². The van der Waals surface area contributed by atoms with E-state index in [0.29, 0.717) is 47.1 Å². The molecule has 0 amide bonds. The summed E-state index contributed by atoms with van der Waals surface area (Å²) in [6, 6.07) is 9.69. The van der Waals surface area contributed by atoms with Gasteiger partial charge in [-0.15, -0.1) is 5.10 Å². The van der Waals surface area contributed by atoms with Crippen LogP contribution in [0.25, 0.3) is 27.7 Å². The predicted octanol–water partition coefficient (Wildman–Crippen LogP) is 6.32. The van der Waals surface area contributed by atoms with E-state index in [-0.39, 0.29) is 5.92 Å². The van der Waals surface area contributed by atoms with Crippen LogP contribution in [0, 0.1) is 6.92 Å². The van der Waals surface area contributed by atoms with Crippen molar-refractivity contribution in [3.05, 3.63) is 87.6 Å². The van der Waals surface area contributed by atoms with Crippen LogP contribution in [0.5, 0.6) is 11.5 Å². The van der Waals surface area contributed by atoms with Crippen LogP contribution >= 0.6 is 0 Å². The highest BCUT2D eigenvalue weighted by Gasteiger charge is 2.36. The summed E-state index contributed by atoms with van der Waals surface area (Å²) < 4.78 is 18.3. The van der Waals surface area contributed by atoms with Gasteiger partial charge >= 0.3 is 0 Å². The normalized spacial score (nSPS) is 16.4. The van der Waals surface area contributed by atoms with Gasteiger partial charge in [-0.25, -0.2) is 15.0 Å². The molecule has 1 saturated carbocycles. The molecule has 5 aromatic rings. The second-order valence-corrected chi connectivity index (χ2v) is 11.1. The van der Waals surface area contributed by atoms with Gasteiger partial charge in [-0.3, -0.25) is 4.98 Å². The molecule has 13 nitrogen and oxygen atoms in total. The number of hydrogen-bond acceptors (Lipinski definition) is 10. The van der Waals surface area contributed by atoms with Gasteiger partial charge in [0.25, 0.3) is 0 Å². The summed E-state index contributed by atoms with van der Waals surface area (Å²) in [5, 5.41) is 12.2. The van der Waals surface area contributed by atoms with Crippen molar-refractivity contribution >= 4 is 11.6 Å². The second-order valence-electron chi connectivity index (χ2n) is 11.1. The van der Waals surface area contributed by atoms with Crippen LogP contribution in [0.1, 0.15) is 66.7 Å². The number of anilines is 1. The minimum absolute atomic E-state index is 0.185. The average Bonchev–Trinajstić information content (AvgIpc) is 3.68. The van der Waals surface area contributed by atoms with E-state index < -0.39 is 5.54 Å². The molecule has 0 saturated heterocycles. The van der Waals surface area contributed by atoms with Crippen molar-refractivity contribution < 1.29 is 13.9 Å². The molecule has 4 aromatic heterocycles. The van der Waals surface area contributed by atoms with Crippen molar-refractivity contribution in [2.45, 2.75) is 57.5 Å². The van der Waals surface area contributed by atoms with E-state index in [1.807, 2.05) is 51.1 Å². The minimum atomic E-state index is -0.650. The number of aryl methyl sites for hydroxylation is 1. The summed E-state index contributed by atoms with van der Waals surface area (Å²) in [5.74, 6) is 3.59. The molecule has 0 unspecified atom stereocenters. The summed E-state index contributed by atoms with van der Waals surface area (Å²) in [6.07, 6.45) is 6.69. The van der Waals surface area contributed by atoms with E-state index in [4.69, 9.17) is 34.5 Å². The van der Waals surface area contributed by atoms with Crippen LogP contribution < -0.4 is 14.8 Å². The summed E-state index contributed by atoms with van der Waals surface area (Å²) in [5.41, 5.74) is 13.1. The van der Waals surface area contributed by atoms with Gasteiger partial charge in [0.1, 0.15) is 23.5 Å². The first-order valence-electron chi connectivity index (χ1n) is 14.0. The molecule has 0 bridgehead atoms. The lowest BCUT2D eigenvalue weighted by atomic mass is 9.72. The van der Waals surface area contributed by atoms with Gasteiger partial charge in [-0.05, 0) is 49.1 Å². The Morgan fingerprint density at radius 2 is 1.95 bits per heavy atom. The molecule has 0 aliphatic heterocycles. The monoisotopic (exact) mass is 580 g/mol. The molecule has 0 radical (unpaired) electrons. The van der Waals surface area contributed by atoms with Gasteiger partial charge in [0.2, 0.25) is 11.8 Å². The number of methoxy groups -OCH3 is 2. The third-order valence-electron chi connectivity index (χ3n) is 8.01. The number of ether oxygens (including phenoxy) is 2. The molecule has 43 heavy (non-hydrogen) atoms. The summed E-state index contributed by atoms with van der Waals surface area (Å²) in [6.45, 7) is 6.13. The van der Waals surface area contributed by atoms with E-state index in [0.717, 1.165) is 41.1 Å². The largest absolute Gasteiger partial charge is 0.497 e. The number of nitrogens with zero attached hydrogens (tertiary/aromatic N) is 9. The number of fused-ring (bicyclic) bond motifs is 1. The first-order chi connectivity index (χ1) is 20.8. The highest BCUT2D eigenvalue weighted by molar-refractivity contribution is 5.66. The Kier molecular flexibility index (Phi) is 7.32. The lowest BCUT2D eigenvalue weighted by molar-refractivity contribution is 0.332. The minimum Gasteiger partial charge on any atom is -0.497 e. The second kappa shape index (κ2) is 11.3. The number of pyridine rings is 1. The highest BCUT2D eigenvalue weighted by atomic mass is 16.5. The average molecular weight is 581 g/mol. The summed E-state index contributed by atoms with van der Waals surface area (Å²) >= 11 is 0. The zero-order valence-electron chi connectivity index (χ0n) is 24.6. The third-order valence-corrected chi connectivity index (χ3v) is 8.01. The Morgan fingerprint density at radius 3 is 2.63 bits per heavy atom. The van der Waals surface area contributed by atoms with Crippen LogP contribution in [-0.2, 0) is 12.1 Å². The first kappa shape index (κ1) is 28.0. The standard InChI is InChI=1S/C30H32N10O3/c1-17-25(28-32-10-11-43-28)35-29(34-15-18-6-8-22(41-4)14-24(18)42-5)40-27(17)36-26(37-40)20-12-19(13-20)23-9-7-21(16-33-23)30(2,3)38-39-31/h6-11,14,16,19-20H,12-13,15H2,1-5H3,(H,34,35)/t19-,20-. The number of aromatic nitrogens is 6. The quantitative estimate of drug-likeness (QED) is 0.113. The Bertz CT molecular complexity index is 1800. The van der Waals surface area contributed by atoms with Crippen LogP contribution in [0.3, 0.4) is 0 Å². The van der Waals surface area contributed by atoms with Gasteiger partial charge < -0.3 is 19.2 Å². The van der Waals surface area contributed by atoms with Crippen molar-refractivity contribution in [1.29, 1.82) is 0 Å². The molecule has 0 atom stereocenters. The first-order valence-corrected chi connectivity index (χ1v) is 14.0. The van der Waals surface area contributed by atoms with E-state index in [1.165, 1.54) is 6.26 Å². The van der Waals surface area contributed by atoms with Crippen molar-refractivity contribution in [2.24, 2.45) is 5.11 Å². The number of oxazole rings is 1. The molecule has 1 fully saturated rings. The van der Waals surface area contributed by atoms with E-state index in [9.17, 15) is 0 Å². The molecule has 1 aromatic carbocycles. The molecular formula is C30H32N10O3. The maximum absolute atomic E-state index is 8.86. The van der Waals surface area contributed by atoms with E-state index in [1.54, 1.807) is 31.1 Å². The molecule has 1 aliphatic rings. The predicted molar refractivity (Wildman–Crippen MR) is 159 cm³/mol. The topological polar surface area (TPSA) is 161 Å². The molecular weight excluding hydrogens is 548 g/mol. The van der Waals surface area contributed by atoms with Crippen molar-refractivity contribution in [3.63, 3.8) is 0 Å². The molecule has 0 spiro atoms. The SMILES string of the molecule is COc1ccc(CNc2nc(-c3ncco3)c(C)c3nc([C@H]4C[C@H](c5ccc(C(C)(C)N=[N+]=[N-])cn5)C4)nn23)c(OC)c1. The van der Waals surface area contributed by atoms with Gasteiger partial charge in [-0.1, -0.05) is 25.0 Å². The lowest BCUT2D eigenvalue weighted by Crippen LogP contribution is -2.22. The molecule has 1 aliphatic carbocycles. The van der Waals surface area contributed by atoms with Crippen LogP contribution in [0.15, 0.2) is 58.5 Å². The van der Waals surface area contributed by atoms with Crippen molar-refractivity contribution in [2.75, 3.05) is 19.5 Å². The van der Waals surface area contributed by atoms with Gasteiger partial charge in [0.05, 0.1) is 26.0 Å². The Hall–Kier alpha value is -5.16. The van der Waals surface area contributed by atoms with Crippen LogP contribution in [-0.4, -0.2) is 43.8 Å². The Balaban J connectivity index is 1.27. The highest BCUT2D eigenvalue weighted by Crippen LogP contribution is 2.46. The van der Waals surface area contributed by atoms with Crippen LogP contribution in [0.2, 0.25) is 0 Å². The smallest absolute Gasteiger partial charge is 0.245 e. The molecule has 4 heterocycles. The van der Waals surface area contributed by atoms with Crippen LogP contribution in [0.4, 0.5) is 5.95 Å². The fourth-order valence-electron chi connectivity index (χ4n) is 5.32. The summed E-state index contributed by atoms with van der Waals surface area (Å²) in [4.78, 5) is 21.8. The fourth-order valence-corrected chi connectivity index (χ4v) is 5.32. The molecule has 13 heteroatoms. The Labute approximate surface area is 248 Å². The number of azide groups is 1. The Morgan fingerprint density at radius 1 is 1.12 bits per heavy atom. The number of nitrogens with one attached hydrogen (secondary N) is 1. The van der Waals surface area contributed by atoms with Gasteiger partial charge in [0, 0.05) is 52.4 Å². The number of benzene rings is 1. The molecule has 6 rings (SSSR count). The maximum atomic E-state index is 8.86. The maximum Gasteiger partial charge on any atom is 0.245 e. The van der Waals surface area contributed by atoms with Gasteiger partial charge in [0.15, 0.2) is 11.5 Å². The van der Waals surface area contributed by atoms with Crippen molar-refractivity contribution in [3.8, 4) is 23.1 Å². The van der Waals surface area contributed by atoms with Gasteiger partial charge in [-0.2, -0.15) is 4.52 Å². The third kappa shape index (κ3) is 5.30.